The van der Waals surface area contributed by atoms with Gasteiger partial charge in [-0.25, -0.2) is 4.98 Å². The van der Waals surface area contributed by atoms with Crippen molar-refractivity contribution in [1.82, 2.24) is 14.9 Å². The van der Waals surface area contributed by atoms with Crippen LogP contribution in [0.2, 0.25) is 0 Å². The number of hydrogen-bond acceptors (Lipinski definition) is 6. The Morgan fingerprint density at radius 3 is 2.85 bits per heavy atom. The maximum Gasteiger partial charge on any atom is 0.319 e. The molecule has 2 unspecified atom stereocenters. The van der Waals surface area contributed by atoms with Gasteiger partial charge in [0.2, 0.25) is 5.88 Å². The molecule has 2 atom stereocenters. The fourth-order valence-electron chi connectivity index (χ4n) is 2.91. The first kappa shape index (κ1) is 18.0. The van der Waals surface area contributed by atoms with Crippen molar-refractivity contribution in [3.05, 3.63) is 42.6 Å². The van der Waals surface area contributed by atoms with Crippen LogP contribution in [0.4, 0.5) is 0 Å². The number of carbonyl (C=O) groups is 1. The number of likely N-dealkylation sites (tertiary alicyclic amines) is 1. The Kier molecular flexibility index (Phi) is 5.88. The van der Waals surface area contributed by atoms with Crippen molar-refractivity contribution in [1.29, 1.82) is 0 Å². The number of methoxy groups -OCH3 is 1. The Morgan fingerprint density at radius 2 is 2.08 bits per heavy atom. The van der Waals surface area contributed by atoms with Crippen LogP contribution in [-0.2, 0) is 4.79 Å². The van der Waals surface area contributed by atoms with E-state index in [2.05, 4.69) is 9.97 Å². The fourth-order valence-corrected chi connectivity index (χ4v) is 2.91. The first-order valence-electron chi connectivity index (χ1n) is 8.70. The van der Waals surface area contributed by atoms with E-state index in [0.29, 0.717) is 24.7 Å². The van der Waals surface area contributed by atoms with Crippen molar-refractivity contribution >= 4 is 5.91 Å². The number of benzene rings is 1. The maximum atomic E-state index is 12.7. The number of amides is 1. The first-order valence-corrected chi connectivity index (χ1v) is 8.70. The molecule has 0 spiro atoms. The van der Waals surface area contributed by atoms with E-state index in [1.807, 2.05) is 30.3 Å². The molecule has 0 aliphatic carbocycles. The fraction of sp³-hybridized carbons (Fsp3) is 0.421. The van der Waals surface area contributed by atoms with Crippen molar-refractivity contribution in [3.8, 4) is 17.6 Å². The quantitative estimate of drug-likeness (QED) is 0.790. The second kappa shape index (κ2) is 8.51. The molecule has 0 N–H and O–H groups in total. The lowest BCUT2D eigenvalue weighted by Crippen LogP contribution is -2.48. The Bertz CT molecular complexity index is 726. The van der Waals surface area contributed by atoms with E-state index >= 15 is 0 Å². The molecular formula is C19H23N3O4. The summed E-state index contributed by atoms with van der Waals surface area (Å²) in [6.45, 7) is 2.98. The van der Waals surface area contributed by atoms with Gasteiger partial charge in [-0.05, 0) is 31.9 Å². The normalized spacial score (nSPS) is 18.1. The topological polar surface area (TPSA) is 73.8 Å². The highest BCUT2D eigenvalue weighted by atomic mass is 16.5. The monoisotopic (exact) mass is 357 g/mol. The third kappa shape index (κ3) is 4.62. The van der Waals surface area contributed by atoms with E-state index in [4.69, 9.17) is 14.2 Å². The molecule has 2 heterocycles. The molecular weight excluding hydrogens is 334 g/mol. The lowest BCUT2D eigenvalue weighted by Gasteiger charge is -2.34. The van der Waals surface area contributed by atoms with Crippen LogP contribution in [0.15, 0.2) is 42.6 Å². The van der Waals surface area contributed by atoms with Gasteiger partial charge < -0.3 is 19.1 Å². The van der Waals surface area contributed by atoms with E-state index < -0.39 is 6.10 Å². The number of para-hydroxylation sites is 1. The first-order chi connectivity index (χ1) is 12.7. The van der Waals surface area contributed by atoms with Gasteiger partial charge in [0.05, 0.1) is 13.7 Å². The molecule has 1 aromatic carbocycles. The zero-order valence-electron chi connectivity index (χ0n) is 15.0. The molecule has 1 aliphatic rings. The van der Waals surface area contributed by atoms with E-state index in [0.717, 1.165) is 12.8 Å². The summed E-state index contributed by atoms with van der Waals surface area (Å²) in [6.07, 6.45) is 2.66. The van der Waals surface area contributed by atoms with Crippen LogP contribution >= 0.6 is 0 Å². The van der Waals surface area contributed by atoms with Crippen molar-refractivity contribution in [2.45, 2.75) is 32.0 Å². The van der Waals surface area contributed by atoms with Gasteiger partial charge in [-0.2, -0.15) is 4.98 Å². The smallest absolute Gasteiger partial charge is 0.319 e. The third-order valence-corrected chi connectivity index (χ3v) is 4.17. The van der Waals surface area contributed by atoms with Gasteiger partial charge in [0.1, 0.15) is 11.9 Å². The van der Waals surface area contributed by atoms with Gasteiger partial charge in [0.25, 0.3) is 5.91 Å². The van der Waals surface area contributed by atoms with Gasteiger partial charge in [0, 0.05) is 18.8 Å². The maximum absolute atomic E-state index is 12.7. The number of nitrogens with zero attached hydrogens (tertiary/aromatic N) is 3. The van der Waals surface area contributed by atoms with Crippen LogP contribution in [0.5, 0.6) is 17.6 Å². The molecule has 0 bridgehead atoms. The Morgan fingerprint density at radius 1 is 1.27 bits per heavy atom. The molecule has 1 aromatic heterocycles. The van der Waals surface area contributed by atoms with E-state index in [-0.39, 0.29) is 18.0 Å². The molecule has 26 heavy (non-hydrogen) atoms. The molecule has 1 amide bonds. The van der Waals surface area contributed by atoms with Crippen LogP contribution in [-0.4, -0.2) is 53.2 Å². The minimum atomic E-state index is -0.546. The standard InChI is InChI=1S/C19H23N3O4/c1-14(25-15-7-4-3-5-8-15)18(23)22-12-6-9-16(13-22)26-17-10-11-20-19(21-17)24-2/h3-5,7-8,10-11,14,16H,6,9,12-13H2,1-2H3. The van der Waals surface area contributed by atoms with Crippen molar-refractivity contribution < 1.29 is 19.0 Å². The highest BCUT2D eigenvalue weighted by Gasteiger charge is 2.29. The van der Waals surface area contributed by atoms with Crippen molar-refractivity contribution in [2.24, 2.45) is 0 Å². The van der Waals surface area contributed by atoms with Gasteiger partial charge in [0.15, 0.2) is 6.10 Å². The lowest BCUT2D eigenvalue weighted by atomic mass is 10.1. The van der Waals surface area contributed by atoms with Gasteiger partial charge >= 0.3 is 6.01 Å². The third-order valence-electron chi connectivity index (χ3n) is 4.17. The predicted octanol–water partition coefficient (Wildman–Crippen LogP) is 2.32. The highest BCUT2D eigenvalue weighted by molar-refractivity contribution is 5.81. The number of piperidine rings is 1. The zero-order chi connectivity index (χ0) is 18.4. The summed E-state index contributed by atoms with van der Waals surface area (Å²) in [5.41, 5.74) is 0. The second-order valence-corrected chi connectivity index (χ2v) is 6.12. The molecule has 1 aliphatic heterocycles. The second-order valence-electron chi connectivity index (χ2n) is 6.12. The van der Waals surface area contributed by atoms with Crippen molar-refractivity contribution in [2.75, 3.05) is 20.2 Å². The average molecular weight is 357 g/mol. The molecule has 2 aromatic rings. The van der Waals surface area contributed by atoms with E-state index in [9.17, 15) is 4.79 Å². The summed E-state index contributed by atoms with van der Waals surface area (Å²) < 4.78 is 16.7. The van der Waals surface area contributed by atoms with Crippen LogP contribution < -0.4 is 14.2 Å². The number of carbonyl (C=O) groups excluding carboxylic acids is 1. The summed E-state index contributed by atoms with van der Waals surface area (Å²) in [5, 5.41) is 0. The Hall–Kier alpha value is -2.83. The molecule has 7 heteroatoms. The summed E-state index contributed by atoms with van der Waals surface area (Å²) in [4.78, 5) is 22.6. The number of rotatable bonds is 6. The van der Waals surface area contributed by atoms with Crippen LogP contribution in [0.25, 0.3) is 0 Å². The number of ether oxygens (including phenoxy) is 3. The van der Waals surface area contributed by atoms with Crippen LogP contribution in [0.3, 0.4) is 0 Å². The Labute approximate surface area is 152 Å². The minimum absolute atomic E-state index is 0.0394. The summed E-state index contributed by atoms with van der Waals surface area (Å²) in [6, 6.07) is 11.3. The largest absolute Gasteiger partial charge is 0.481 e. The summed E-state index contributed by atoms with van der Waals surface area (Å²) >= 11 is 0. The Balaban J connectivity index is 1.57. The minimum Gasteiger partial charge on any atom is -0.481 e. The van der Waals surface area contributed by atoms with Gasteiger partial charge in [-0.3, -0.25) is 4.79 Å². The van der Waals surface area contributed by atoms with Gasteiger partial charge in [-0.15, -0.1) is 0 Å². The lowest BCUT2D eigenvalue weighted by molar-refractivity contribution is -0.140. The average Bonchev–Trinajstić information content (AvgIpc) is 2.68. The van der Waals surface area contributed by atoms with Crippen molar-refractivity contribution in [3.63, 3.8) is 0 Å². The molecule has 1 saturated heterocycles. The molecule has 138 valence electrons. The molecule has 7 nitrogen and oxygen atoms in total. The summed E-state index contributed by atoms with van der Waals surface area (Å²) in [5.74, 6) is 1.10. The molecule has 0 radical (unpaired) electrons. The molecule has 0 saturated carbocycles. The van der Waals surface area contributed by atoms with Gasteiger partial charge in [-0.1, -0.05) is 18.2 Å². The summed E-state index contributed by atoms with van der Waals surface area (Å²) in [7, 11) is 1.51. The van der Waals surface area contributed by atoms with E-state index in [1.54, 1.807) is 24.1 Å². The molecule has 1 fully saturated rings. The van der Waals surface area contributed by atoms with E-state index in [1.165, 1.54) is 7.11 Å². The van der Waals surface area contributed by atoms with Crippen LogP contribution in [0, 0.1) is 0 Å². The predicted molar refractivity (Wildman–Crippen MR) is 95.3 cm³/mol. The number of aromatic nitrogens is 2. The SMILES string of the molecule is COc1nccc(OC2CCCN(C(=O)C(C)Oc3ccccc3)C2)n1. The highest BCUT2D eigenvalue weighted by Crippen LogP contribution is 2.19. The van der Waals surface area contributed by atoms with Crippen LogP contribution in [0.1, 0.15) is 19.8 Å². The molecule has 3 rings (SSSR count). The number of hydrogen-bond donors (Lipinski definition) is 0. The zero-order valence-corrected chi connectivity index (χ0v) is 15.0.